The maximum Gasteiger partial charge on any atom is 0.130 e. The van der Waals surface area contributed by atoms with Crippen molar-refractivity contribution in [3.63, 3.8) is 0 Å². The molecule has 0 rings (SSSR count). The van der Waals surface area contributed by atoms with Crippen molar-refractivity contribution in [3.05, 3.63) is 11.6 Å². The van der Waals surface area contributed by atoms with Gasteiger partial charge in [0.2, 0.25) is 0 Å². The van der Waals surface area contributed by atoms with Crippen LogP contribution in [0.1, 0.15) is 13.8 Å². The summed E-state index contributed by atoms with van der Waals surface area (Å²) in [5, 5.41) is 0. The van der Waals surface area contributed by atoms with Gasteiger partial charge in [0.25, 0.3) is 0 Å². The Morgan fingerprint density at radius 2 is 1.87 bits per heavy atom. The summed E-state index contributed by atoms with van der Waals surface area (Å²) >= 11 is 0. The number of hydrogen-bond acceptors (Lipinski definition) is 1. The molecule has 0 aliphatic rings. The first-order valence-corrected chi connectivity index (χ1v) is 8.63. The minimum atomic E-state index is -1.26. The van der Waals surface area contributed by atoms with Gasteiger partial charge < -0.3 is 4.74 Å². The molecule has 0 aromatic rings. The monoisotopic (exact) mass is 220 g/mol. The molecule has 0 N–H and O–H groups in total. The maximum absolute atomic E-state index is 5.27. The van der Waals surface area contributed by atoms with Crippen molar-refractivity contribution in [2.45, 2.75) is 33.5 Å². The molecular weight excluding hydrogens is 200 g/mol. The largest absolute Gasteiger partial charge is 0.365 e. The average Bonchev–Trinajstić information content (AvgIpc) is 2.07. The highest BCUT2D eigenvalue weighted by molar-refractivity contribution is 6.83. The Bertz CT molecular complexity index is 322. The van der Waals surface area contributed by atoms with E-state index >= 15 is 0 Å². The minimum absolute atomic E-state index is 0.462. The fourth-order valence-electron chi connectivity index (χ4n) is 0.635. The molecule has 0 unspecified atom stereocenters. The second kappa shape index (κ2) is 7.34. The van der Waals surface area contributed by atoms with Gasteiger partial charge in [-0.25, -0.2) is 0 Å². The third-order valence-electron chi connectivity index (χ3n) is 1.37. The Morgan fingerprint density at radius 1 is 1.20 bits per heavy atom. The first-order valence-electron chi connectivity index (χ1n) is 5.13. The Kier molecular flexibility index (Phi) is 6.87. The Morgan fingerprint density at radius 3 is 2.40 bits per heavy atom. The molecule has 0 saturated carbocycles. The third-order valence-corrected chi connectivity index (χ3v) is 2.25. The van der Waals surface area contributed by atoms with Crippen LogP contribution >= 0.6 is 0 Å². The summed E-state index contributed by atoms with van der Waals surface area (Å²) in [6.07, 6.45) is 2.04. The van der Waals surface area contributed by atoms with Crippen LogP contribution in [0, 0.1) is 23.3 Å². The molecule has 0 atom stereocenters. The molecule has 0 fully saturated rings. The van der Waals surface area contributed by atoms with Crippen LogP contribution in [0.2, 0.25) is 19.6 Å². The molecule has 15 heavy (non-hydrogen) atoms. The van der Waals surface area contributed by atoms with Crippen LogP contribution in [-0.4, -0.2) is 21.3 Å². The first kappa shape index (κ1) is 14.0. The van der Waals surface area contributed by atoms with Crippen LogP contribution in [0.15, 0.2) is 11.6 Å². The highest BCUT2D eigenvalue weighted by Crippen LogP contribution is 1.95. The zero-order chi connectivity index (χ0) is 11.7. The number of rotatable bonds is 3. The normalized spacial score (nSPS) is 9.40. The van der Waals surface area contributed by atoms with E-state index in [2.05, 4.69) is 56.8 Å². The maximum atomic E-state index is 5.27. The number of ether oxygens (including phenoxy) is 1. The van der Waals surface area contributed by atoms with Crippen LogP contribution in [-0.2, 0) is 4.74 Å². The van der Waals surface area contributed by atoms with Gasteiger partial charge in [0, 0.05) is 0 Å². The highest BCUT2D eigenvalue weighted by Gasteiger charge is 2.06. The van der Waals surface area contributed by atoms with Gasteiger partial charge in [-0.3, -0.25) is 0 Å². The second-order valence-corrected chi connectivity index (χ2v) is 9.35. The van der Waals surface area contributed by atoms with Crippen molar-refractivity contribution in [2.24, 2.45) is 0 Å². The topological polar surface area (TPSA) is 9.23 Å². The van der Waals surface area contributed by atoms with Crippen molar-refractivity contribution < 1.29 is 4.74 Å². The smallest absolute Gasteiger partial charge is 0.130 e. The molecule has 0 saturated heterocycles. The molecule has 0 heterocycles. The molecule has 0 aliphatic carbocycles. The van der Waals surface area contributed by atoms with Crippen LogP contribution in [0.4, 0.5) is 0 Å². The summed E-state index contributed by atoms with van der Waals surface area (Å²) in [6.45, 7) is 11.8. The van der Waals surface area contributed by atoms with E-state index in [-0.39, 0.29) is 0 Å². The van der Waals surface area contributed by atoms with Crippen molar-refractivity contribution >= 4 is 8.07 Å². The Balaban J connectivity index is 3.73. The Hall–Kier alpha value is -0.963. The molecule has 1 nitrogen and oxygen atoms in total. The summed E-state index contributed by atoms with van der Waals surface area (Å²) in [7, 11) is -1.26. The lowest BCUT2D eigenvalue weighted by molar-refractivity contribution is 0.199. The van der Waals surface area contributed by atoms with E-state index in [4.69, 9.17) is 4.74 Å². The van der Waals surface area contributed by atoms with Gasteiger partial charge in [-0.15, -0.1) is 5.54 Å². The van der Waals surface area contributed by atoms with Crippen LogP contribution in [0.5, 0.6) is 0 Å². The van der Waals surface area contributed by atoms with Crippen LogP contribution < -0.4 is 0 Å². The van der Waals surface area contributed by atoms with Gasteiger partial charge in [-0.2, -0.15) is 0 Å². The fourth-order valence-corrected chi connectivity index (χ4v) is 1.07. The third kappa shape index (κ3) is 13.0. The van der Waals surface area contributed by atoms with E-state index in [0.29, 0.717) is 13.2 Å². The van der Waals surface area contributed by atoms with Crippen molar-refractivity contribution in [1.29, 1.82) is 0 Å². The molecule has 0 aliphatic heterocycles. The predicted octanol–water partition coefficient (Wildman–Crippen LogP) is 2.85. The molecule has 0 aromatic carbocycles. The van der Waals surface area contributed by atoms with E-state index < -0.39 is 8.07 Å². The zero-order valence-corrected chi connectivity index (χ0v) is 11.4. The quantitative estimate of drug-likeness (QED) is 0.307. The molecule has 0 bridgehead atoms. The van der Waals surface area contributed by atoms with E-state index in [1.807, 2.05) is 6.08 Å². The van der Waals surface area contributed by atoms with Gasteiger partial charge in [0.05, 0.1) is 6.61 Å². The van der Waals surface area contributed by atoms with Gasteiger partial charge in [-0.1, -0.05) is 37.2 Å². The van der Waals surface area contributed by atoms with Crippen molar-refractivity contribution in [2.75, 3.05) is 13.2 Å². The van der Waals surface area contributed by atoms with E-state index in [9.17, 15) is 0 Å². The summed E-state index contributed by atoms with van der Waals surface area (Å²) in [4.78, 5) is 0. The number of hydrogen-bond donors (Lipinski definition) is 0. The van der Waals surface area contributed by atoms with Crippen molar-refractivity contribution in [3.8, 4) is 23.3 Å². The Labute approximate surface area is 94.9 Å². The molecule has 0 spiro atoms. The van der Waals surface area contributed by atoms with E-state index in [0.717, 1.165) is 0 Å². The summed E-state index contributed by atoms with van der Waals surface area (Å²) < 4.78 is 5.27. The fraction of sp³-hybridized carbons (Fsp3) is 0.538. The summed E-state index contributed by atoms with van der Waals surface area (Å²) in [6, 6.07) is 0. The lowest BCUT2D eigenvalue weighted by atomic mass is 10.3. The molecule has 0 radical (unpaired) electrons. The minimum Gasteiger partial charge on any atom is -0.365 e. The van der Waals surface area contributed by atoms with Gasteiger partial charge >= 0.3 is 0 Å². The number of allylic oxidation sites excluding steroid dienone is 1. The lowest BCUT2D eigenvalue weighted by Crippen LogP contribution is -2.16. The first-order chi connectivity index (χ1) is 6.92. The molecule has 0 amide bonds. The summed E-state index contributed by atoms with van der Waals surface area (Å²) in [5.41, 5.74) is 4.44. The van der Waals surface area contributed by atoms with E-state index in [1.54, 1.807) is 0 Å². The molecule has 82 valence electrons. The lowest BCUT2D eigenvalue weighted by Gasteiger charge is -2.01. The average molecular weight is 220 g/mol. The SMILES string of the molecule is CC(C)=CCOCC#CC#C[Si](C)(C)C. The molecular formula is C13H20OSi. The standard InChI is InChI=1S/C13H20OSi/c1-13(2)9-11-14-10-7-6-8-12-15(3,4)5/h9H,10-11H2,1-5H3. The van der Waals surface area contributed by atoms with Gasteiger partial charge in [0.15, 0.2) is 0 Å². The predicted molar refractivity (Wildman–Crippen MR) is 69.1 cm³/mol. The van der Waals surface area contributed by atoms with Crippen molar-refractivity contribution in [1.82, 2.24) is 0 Å². The van der Waals surface area contributed by atoms with Gasteiger partial charge in [-0.05, 0) is 25.7 Å². The second-order valence-electron chi connectivity index (χ2n) is 4.60. The van der Waals surface area contributed by atoms with Gasteiger partial charge in [0.1, 0.15) is 14.7 Å². The molecule has 2 heteroatoms. The van der Waals surface area contributed by atoms with Crippen LogP contribution in [0.3, 0.4) is 0 Å². The van der Waals surface area contributed by atoms with E-state index in [1.165, 1.54) is 5.57 Å². The van der Waals surface area contributed by atoms with Crippen LogP contribution in [0.25, 0.3) is 0 Å². The summed E-state index contributed by atoms with van der Waals surface area (Å²) in [5.74, 6) is 8.57. The molecule has 0 aromatic heterocycles. The zero-order valence-electron chi connectivity index (χ0n) is 10.4. The highest BCUT2D eigenvalue weighted by atomic mass is 28.3.